The van der Waals surface area contributed by atoms with Crippen molar-refractivity contribution in [2.24, 2.45) is 0 Å². The van der Waals surface area contributed by atoms with Gasteiger partial charge in [-0.2, -0.15) is 0 Å². The molecule has 0 saturated heterocycles. The van der Waals surface area contributed by atoms with Crippen LogP contribution >= 0.6 is 11.6 Å². The lowest BCUT2D eigenvalue weighted by molar-refractivity contribution is -0.131. The summed E-state index contributed by atoms with van der Waals surface area (Å²) >= 11 is 6.07. The molecule has 4 nitrogen and oxygen atoms in total. The number of carbonyl (C=O) groups excluding carboxylic acids is 2. The number of Topliss-reactive ketones (excluding diaryl/α,β-unsaturated/α-hetero) is 2. The summed E-state index contributed by atoms with van der Waals surface area (Å²) in [6.45, 7) is 3.79. The van der Waals surface area contributed by atoms with E-state index in [9.17, 15) is 9.59 Å². The molecule has 2 aromatic rings. The SMILES string of the molecule is Cc1cc(Oc2ncccc2Cl)cc(C)c1C1C(=O)CCCC1=O. The zero-order valence-electron chi connectivity index (χ0n) is 13.6. The average Bonchev–Trinajstić information content (AvgIpc) is 2.52. The highest BCUT2D eigenvalue weighted by molar-refractivity contribution is 6.31. The molecule has 1 aliphatic carbocycles. The number of rotatable bonds is 3. The Labute approximate surface area is 145 Å². The highest BCUT2D eigenvalue weighted by Gasteiger charge is 2.33. The molecule has 0 N–H and O–H groups in total. The first-order valence-corrected chi connectivity index (χ1v) is 8.30. The van der Waals surface area contributed by atoms with Crippen molar-refractivity contribution in [2.75, 3.05) is 0 Å². The topological polar surface area (TPSA) is 56.3 Å². The molecular formula is C19H18ClNO3. The number of aromatic nitrogens is 1. The number of ketones is 2. The molecule has 0 spiro atoms. The van der Waals surface area contributed by atoms with Gasteiger partial charge < -0.3 is 4.74 Å². The predicted octanol–water partition coefficient (Wildman–Crippen LogP) is 4.55. The Morgan fingerprint density at radius 3 is 2.33 bits per heavy atom. The first-order valence-electron chi connectivity index (χ1n) is 7.92. The number of benzene rings is 1. The molecule has 1 aromatic carbocycles. The Bertz CT molecular complexity index is 777. The van der Waals surface area contributed by atoms with Crippen LogP contribution in [0, 0.1) is 13.8 Å². The second-order valence-corrected chi connectivity index (χ2v) is 6.49. The fourth-order valence-corrected chi connectivity index (χ4v) is 3.39. The van der Waals surface area contributed by atoms with Crippen molar-refractivity contribution in [3.63, 3.8) is 0 Å². The lowest BCUT2D eigenvalue weighted by atomic mass is 9.78. The molecule has 1 saturated carbocycles. The molecule has 24 heavy (non-hydrogen) atoms. The monoisotopic (exact) mass is 343 g/mol. The fourth-order valence-electron chi connectivity index (χ4n) is 3.23. The van der Waals surface area contributed by atoms with Crippen molar-refractivity contribution in [1.82, 2.24) is 4.98 Å². The molecule has 0 bridgehead atoms. The summed E-state index contributed by atoms with van der Waals surface area (Å²) in [6, 6.07) is 7.08. The van der Waals surface area contributed by atoms with Gasteiger partial charge in [0.15, 0.2) is 0 Å². The lowest BCUT2D eigenvalue weighted by Gasteiger charge is -2.23. The van der Waals surface area contributed by atoms with E-state index >= 15 is 0 Å². The summed E-state index contributed by atoms with van der Waals surface area (Å²) in [7, 11) is 0. The maximum atomic E-state index is 12.3. The van der Waals surface area contributed by atoms with Crippen LogP contribution in [0.2, 0.25) is 5.02 Å². The first-order chi connectivity index (χ1) is 11.5. The summed E-state index contributed by atoms with van der Waals surface area (Å²) in [5.41, 5.74) is 2.54. The van der Waals surface area contributed by atoms with Crippen LogP contribution in [0.5, 0.6) is 11.6 Å². The number of ether oxygens (including phenoxy) is 1. The van der Waals surface area contributed by atoms with Gasteiger partial charge in [-0.15, -0.1) is 0 Å². The minimum atomic E-state index is -0.633. The van der Waals surface area contributed by atoms with Crippen LogP contribution in [0.4, 0.5) is 0 Å². The van der Waals surface area contributed by atoms with Crippen LogP contribution in [0.3, 0.4) is 0 Å². The van der Waals surface area contributed by atoms with E-state index in [4.69, 9.17) is 16.3 Å². The number of nitrogens with zero attached hydrogens (tertiary/aromatic N) is 1. The van der Waals surface area contributed by atoms with Gasteiger partial charge in [-0.05, 0) is 61.2 Å². The van der Waals surface area contributed by atoms with Crippen molar-refractivity contribution in [2.45, 2.75) is 39.0 Å². The van der Waals surface area contributed by atoms with Crippen molar-refractivity contribution in [1.29, 1.82) is 0 Å². The number of hydrogen-bond acceptors (Lipinski definition) is 4. The smallest absolute Gasteiger partial charge is 0.238 e. The second kappa shape index (κ2) is 6.73. The Morgan fingerprint density at radius 2 is 1.75 bits per heavy atom. The number of pyridine rings is 1. The van der Waals surface area contributed by atoms with E-state index in [1.165, 1.54) is 0 Å². The number of halogens is 1. The highest BCUT2D eigenvalue weighted by atomic mass is 35.5. The van der Waals surface area contributed by atoms with Gasteiger partial charge in [-0.1, -0.05) is 11.6 Å². The maximum absolute atomic E-state index is 12.3. The minimum absolute atomic E-state index is 0.0129. The van der Waals surface area contributed by atoms with Crippen LogP contribution in [-0.4, -0.2) is 16.6 Å². The molecule has 0 atom stereocenters. The normalized spacial score (nSPS) is 15.6. The second-order valence-electron chi connectivity index (χ2n) is 6.08. The van der Waals surface area contributed by atoms with Gasteiger partial charge in [0.05, 0.1) is 0 Å². The molecule has 5 heteroatoms. The van der Waals surface area contributed by atoms with Crippen LogP contribution in [0.1, 0.15) is 41.9 Å². The van der Waals surface area contributed by atoms with E-state index in [1.807, 2.05) is 26.0 Å². The standard InChI is InChI=1S/C19H18ClNO3/c1-11-9-13(24-19-14(20)5-4-8-21-19)10-12(2)17(11)18-15(22)6-3-7-16(18)23/h4-5,8-10,18H,3,6-7H2,1-2H3. The van der Waals surface area contributed by atoms with Gasteiger partial charge in [0.2, 0.25) is 5.88 Å². The Balaban J connectivity index is 1.96. The summed E-state index contributed by atoms with van der Waals surface area (Å²) in [5, 5.41) is 0.425. The van der Waals surface area contributed by atoms with Crippen molar-refractivity contribution >= 4 is 23.2 Å². The van der Waals surface area contributed by atoms with Gasteiger partial charge in [-0.25, -0.2) is 4.98 Å². The summed E-state index contributed by atoms with van der Waals surface area (Å²) in [4.78, 5) is 28.6. The van der Waals surface area contributed by atoms with Crippen LogP contribution in [-0.2, 0) is 9.59 Å². The molecule has 0 amide bonds. The van der Waals surface area contributed by atoms with Crippen LogP contribution in [0.15, 0.2) is 30.5 Å². The van der Waals surface area contributed by atoms with Gasteiger partial charge >= 0.3 is 0 Å². The van der Waals surface area contributed by atoms with Gasteiger partial charge in [0.1, 0.15) is 28.3 Å². The van der Waals surface area contributed by atoms with E-state index in [-0.39, 0.29) is 11.6 Å². The molecule has 0 unspecified atom stereocenters. The largest absolute Gasteiger partial charge is 0.438 e. The van der Waals surface area contributed by atoms with Crippen molar-refractivity contribution in [3.05, 3.63) is 52.2 Å². The zero-order chi connectivity index (χ0) is 17.3. The Kier molecular flexibility index (Phi) is 4.67. The molecule has 1 heterocycles. The first kappa shape index (κ1) is 16.7. The van der Waals surface area contributed by atoms with E-state index in [0.29, 0.717) is 35.9 Å². The van der Waals surface area contributed by atoms with Crippen molar-refractivity contribution in [3.8, 4) is 11.6 Å². The predicted molar refractivity (Wildman–Crippen MR) is 91.8 cm³/mol. The van der Waals surface area contributed by atoms with Gasteiger partial charge in [-0.3, -0.25) is 9.59 Å². The summed E-state index contributed by atoms with van der Waals surface area (Å²) in [5.74, 6) is 0.310. The average molecular weight is 344 g/mol. The third-order valence-electron chi connectivity index (χ3n) is 4.29. The number of carbonyl (C=O) groups is 2. The molecule has 1 aromatic heterocycles. The minimum Gasteiger partial charge on any atom is -0.438 e. The molecule has 1 fully saturated rings. The van der Waals surface area contributed by atoms with E-state index in [2.05, 4.69) is 4.98 Å². The molecule has 0 aliphatic heterocycles. The molecule has 3 rings (SSSR count). The fraction of sp³-hybridized carbons (Fsp3) is 0.316. The van der Waals surface area contributed by atoms with E-state index in [1.54, 1.807) is 18.3 Å². The third kappa shape index (κ3) is 3.20. The van der Waals surface area contributed by atoms with E-state index < -0.39 is 5.92 Å². The van der Waals surface area contributed by atoms with Crippen LogP contribution in [0.25, 0.3) is 0 Å². The zero-order valence-corrected chi connectivity index (χ0v) is 14.4. The number of hydrogen-bond donors (Lipinski definition) is 0. The third-order valence-corrected chi connectivity index (χ3v) is 4.57. The maximum Gasteiger partial charge on any atom is 0.238 e. The van der Waals surface area contributed by atoms with Gasteiger partial charge in [0, 0.05) is 19.0 Å². The number of aryl methyl sites for hydroxylation is 2. The van der Waals surface area contributed by atoms with Crippen LogP contribution < -0.4 is 4.74 Å². The quantitative estimate of drug-likeness (QED) is 0.767. The summed E-state index contributed by atoms with van der Waals surface area (Å²) in [6.07, 6.45) is 3.20. The molecule has 124 valence electrons. The molecular weight excluding hydrogens is 326 g/mol. The lowest BCUT2D eigenvalue weighted by Crippen LogP contribution is -2.27. The van der Waals surface area contributed by atoms with E-state index in [0.717, 1.165) is 16.7 Å². The Hall–Kier alpha value is -2.20. The molecule has 1 aliphatic rings. The molecule has 0 radical (unpaired) electrons. The summed E-state index contributed by atoms with van der Waals surface area (Å²) < 4.78 is 5.75. The van der Waals surface area contributed by atoms with Crippen molar-refractivity contribution < 1.29 is 14.3 Å². The Morgan fingerprint density at radius 1 is 1.12 bits per heavy atom. The highest BCUT2D eigenvalue weighted by Crippen LogP contribution is 2.35. The van der Waals surface area contributed by atoms with Gasteiger partial charge in [0.25, 0.3) is 0 Å².